The molecule has 0 radical (unpaired) electrons. The number of fused-ring (bicyclic) bond motifs is 1. The standard InChI is InChI=1S/C15H12F3N3O3S/c1-8-20-10-4-9(2-3-12(10)25-8)23-6-13-21-11(5-24-13)14(22)19-7-15(16,17)18/h2-5H,6-7H2,1H3,(H,19,22). The Morgan fingerprint density at radius 2 is 2.16 bits per heavy atom. The lowest BCUT2D eigenvalue weighted by atomic mass is 10.3. The summed E-state index contributed by atoms with van der Waals surface area (Å²) in [6.07, 6.45) is -3.50. The fourth-order valence-corrected chi connectivity index (χ4v) is 2.82. The number of carbonyl (C=O) groups is 1. The Hall–Kier alpha value is -2.62. The first-order chi connectivity index (χ1) is 11.8. The molecule has 6 nitrogen and oxygen atoms in total. The largest absolute Gasteiger partial charge is 0.484 e. The van der Waals surface area contributed by atoms with Crippen LogP contribution in [0.4, 0.5) is 13.2 Å². The van der Waals surface area contributed by atoms with E-state index in [1.54, 1.807) is 28.8 Å². The van der Waals surface area contributed by atoms with Crippen molar-refractivity contribution in [3.8, 4) is 5.75 Å². The monoisotopic (exact) mass is 371 g/mol. The zero-order valence-corrected chi connectivity index (χ0v) is 13.7. The number of alkyl halides is 3. The van der Waals surface area contributed by atoms with Crippen molar-refractivity contribution >= 4 is 27.5 Å². The number of benzene rings is 1. The van der Waals surface area contributed by atoms with Crippen molar-refractivity contribution in [1.82, 2.24) is 15.3 Å². The Morgan fingerprint density at radius 3 is 2.92 bits per heavy atom. The van der Waals surface area contributed by atoms with Gasteiger partial charge in [-0.1, -0.05) is 0 Å². The van der Waals surface area contributed by atoms with Gasteiger partial charge in [-0.05, 0) is 19.1 Å². The molecule has 0 saturated carbocycles. The van der Waals surface area contributed by atoms with Gasteiger partial charge in [-0.3, -0.25) is 4.79 Å². The second kappa shape index (κ2) is 6.71. The molecule has 3 rings (SSSR count). The van der Waals surface area contributed by atoms with Gasteiger partial charge in [0.05, 0.1) is 15.2 Å². The van der Waals surface area contributed by atoms with E-state index < -0.39 is 18.6 Å². The minimum atomic E-state index is -4.49. The van der Waals surface area contributed by atoms with Crippen LogP contribution in [-0.2, 0) is 6.61 Å². The Balaban J connectivity index is 1.59. The summed E-state index contributed by atoms with van der Waals surface area (Å²) in [5, 5.41) is 2.65. The first kappa shape index (κ1) is 17.2. The lowest BCUT2D eigenvalue weighted by Crippen LogP contribution is -2.33. The summed E-state index contributed by atoms with van der Waals surface area (Å²) >= 11 is 1.57. The fourth-order valence-electron chi connectivity index (χ4n) is 2.01. The van der Waals surface area contributed by atoms with E-state index in [0.29, 0.717) is 5.75 Å². The third-order valence-corrected chi connectivity index (χ3v) is 4.01. The van der Waals surface area contributed by atoms with Crippen LogP contribution in [0.2, 0.25) is 0 Å². The number of nitrogens with one attached hydrogen (secondary N) is 1. The average Bonchev–Trinajstić information content (AvgIpc) is 3.14. The molecule has 0 saturated heterocycles. The molecule has 0 aliphatic carbocycles. The molecule has 3 aromatic rings. The van der Waals surface area contributed by atoms with Crippen molar-refractivity contribution in [2.75, 3.05) is 6.54 Å². The van der Waals surface area contributed by atoms with Crippen LogP contribution in [0.15, 0.2) is 28.9 Å². The zero-order chi connectivity index (χ0) is 18.0. The highest BCUT2D eigenvalue weighted by molar-refractivity contribution is 7.18. The normalized spacial score (nSPS) is 11.7. The number of carbonyl (C=O) groups excluding carboxylic acids is 1. The maximum absolute atomic E-state index is 12.1. The van der Waals surface area contributed by atoms with E-state index in [-0.39, 0.29) is 18.2 Å². The molecule has 0 fully saturated rings. The minimum absolute atomic E-state index is 0.0683. The Morgan fingerprint density at radius 1 is 1.36 bits per heavy atom. The van der Waals surface area contributed by atoms with Crippen LogP contribution in [0.5, 0.6) is 5.75 Å². The van der Waals surface area contributed by atoms with Gasteiger partial charge in [-0.15, -0.1) is 11.3 Å². The SMILES string of the molecule is Cc1nc2cc(OCc3nc(C(=O)NCC(F)(F)F)co3)ccc2s1. The van der Waals surface area contributed by atoms with E-state index in [0.717, 1.165) is 21.5 Å². The highest BCUT2D eigenvalue weighted by Crippen LogP contribution is 2.26. The number of hydrogen-bond donors (Lipinski definition) is 1. The van der Waals surface area contributed by atoms with Gasteiger partial charge in [0.1, 0.15) is 18.6 Å². The third kappa shape index (κ3) is 4.47. The fraction of sp³-hybridized carbons (Fsp3) is 0.267. The summed E-state index contributed by atoms with van der Waals surface area (Å²) in [5.74, 6) is -0.350. The summed E-state index contributed by atoms with van der Waals surface area (Å²) in [6, 6.07) is 5.40. The Kier molecular flexibility index (Phi) is 4.62. The van der Waals surface area contributed by atoms with Gasteiger partial charge < -0.3 is 14.5 Å². The predicted octanol–water partition coefficient (Wildman–Crippen LogP) is 3.46. The van der Waals surface area contributed by atoms with Gasteiger partial charge in [0.15, 0.2) is 12.3 Å². The molecule has 10 heteroatoms. The van der Waals surface area contributed by atoms with Crippen LogP contribution in [-0.4, -0.2) is 28.6 Å². The van der Waals surface area contributed by atoms with Crippen LogP contribution >= 0.6 is 11.3 Å². The summed E-state index contributed by atoms with van der Waals surface area (Å²) in [6.45, 7) is 0.405. The quantitative estimate of drug-likeness (QED) is 0.743. The van der Waals surface area contributed by atoms with Crippen molar-refractivity contribution in [3.63, 3.8) is 0 Å². The predicted molar refractivity (Wildman–Crippen MR) is 83.6 cm³/mol. The van der Waals surface area contributed by atoms with Crippen molar-refractivity contribution in [1.29, 1.82) is 0 Å². The van der Waals surface area contributed by atoms with Gasteiger partial charge in [-0.25, -0.2) is 9.97 Å². The van der Waals surface area contributed by atoms with Crippen LogP contribution in [0.25, 0.3) is 10.2 Å². The zero-order valence-electron chi connectivity index (χ0n) is 12.9. The lowest BCUT2D eigenvalue weighted by molar-refractivity contribution is -0.123. The molecule has 0 aliphatic heterocycles. The molecule has 0 atom stereocenters. The van der Waals surface area contributed by atoms with E-state index in [1.807, 2.05) is 13.0 Å². The molecular formula is C15H12F3N3O3S. The van der Waals surface area contributed by atoms with E-state index in [9.17, 15) is 18.0 Å². The van der Waals surface area contributed by atoms with E-state index in [1.165, 1.54) is 0 Å². The molecule has 0 unspecified atom stereocenters. The number of rotatable bonds is 5. The molecule has 0 bridgehead atoms. The molecule has 1 aromatic carbocycles. The number of aromatic nitrogens is 2. The number of amides is 1. The second-order valence-electron chi connectivity index (χ2n) is 5.08. The highest BCUT2D eigenvalue weighted by atomic mass is 32.1. The lowest BCUT2D eigenvalue weighted by Gasteiger charge is -2.06. The molecule has 132 valence electrons. The molecule has 0 aliphatic rings. The van der Waals surface area contributed by atoms with Crippen molar-refractivity contribution in [2.45, 2.75) is 19.7 Å². The number of oxazole rings is 1. The van der Waals surface area contributed by atoms with E-state index >= 15 is 0 Å². The molecule has 25 heavy (non-hydrogen) atoms. The summed E-state index contributed by atoms with van der Waals surface area (Å²) in [5.41, 5.74) is 0.563. The van der Waals surface area contributed by atoms with Crippen molar-refractivity contribution in [2.24, 2.45) is 0 Å². The number of thiazole rings is 1. The van der Waals surface area contributed by atoms with Gasteiger partial charge in [0, 0.05) is 6.07 Å². The number of hydrogen-bond acceptors (Lipinski definition) is 6. The molecular weight excluding hydrogens is 359 g/mol. The molecule has 0 spiro atoms. The first-order valence-corrected chi connectivity index (χ1v) is 7.91. The molecule has 1 amide bonds. The summed E-state index contributed by atoms with van der Waals surface area (Å²) in [4.78, 5) is 19.7. The molecule has 2 heterocycles. The Bertz CT molecular complexity index is 904. The smallest absolute Gasteiger partial charge is 0.405 e. The molecule has 1 N–H and O–H groups in total. The van der Waals surface area contributed by atoms with E-state index in [4.69, 9.17) is 9.15 Å². The average molecular weight is 371 g/mol. The van der Waals surface area contributed by atoms with Crippen LogP contribution in [0.1, 0.15) is 21.4 Å². The maximum atomic E-state index is 12.1. The van der Waals surface area contributed by atoms with Crippen molar-refractivity contribution in [3.05, 3.63) is 41.1 Å². The number of halogens is 3. The minimum Gasteiger partial charge on any atom is -0.484 e. The summed E-state index contributed by atoms with van der Waals surface area (Å²) in [7, 11) is 0. The van der Waals surface area contributed by atoms with Crippen LogP contribution in [0.3, 0.4) is 0 Å². The number of ether oxygens (including phenoxy) is 1. The Labute approximate surface area is 143 Å². The van der Waals surface area contributed by atoms with Gasteiger partial charge in [0.25, 0.3) is 5.91 Å². The van der Waals surface area contributed by atoms with E-state index in [2.05, 4.69) is 9.97 Å². The van der Waals surface area contributed by atoms with Gasteiger partial charge in [0.2, 0.25) is 5.89 Å². The maximum Gasteiger partial charge on any atom is 0.405 e. The summed E-state index contributed by atoms with van der Waals surface area (Å²) < 4.78 is 47.8. The van der Waals surface area contributed by atoms with Crippen molar-refractivity contribution < 1.29 is 27.1 Å². The number of aryl methyl sites for hydroxylation is 1. The first-order valence-electron chi connectivity index (χ1n) is 7.09. The highest BCUT2D eigenvalue weighted by Gasteiger charge is 2.28. The van der Waals surface area contributed by atoms with Gasteiger partial charge >= 0.3 is 6.18 Å². The third-order valence-electron chi connectivity index (χ3n) is 3.06. The topological polar surface area (TPSA) is 77.2 Å². The van der Waals surface area contributed by atoms with Gasteiger partial charge in [-0.2, -0.15) is 13.2 Å². The second-order valence-corrected chi connectivity index (χ2v) is 6.31. The molecule has 2 aromatic heterocycles. The van der Waals surface area contributed by atoms with Crippen LogP contribution < -0.4 is 10.1 Å². The van der Waals surface area contributed by atoms with Crippen LogP contribution in [0, 0.1) is 6.92 Å². The number of nitrogens with zero attached hydrogens (tertiary/aromatic N) is 2.